The van der Waals surface area contributed by atoms with E-state index < -0.39 is 0 Å². The normalized spacial score (nSPS) is 10.9. The molecule has 1 rings (SSSR count). The van der Waals surface area contributed by atoms with Crippen molar-refractivity contribution in [2.75, 3.05) is 12.3 Å². The lowest BCUT2D eigenvalue weighted by Gasteiger charge is -2.06. The quantitative estimate of drug-likeness (QED) is 0.432. The molecule has 0 saturated carbocycles. The third kappa shape index (κ3) is 11.0. The van der Waals surface area contributed by atoms with E-state index in [4.69, 9.17) is 0 Å². The molecule has 0 aliphatic carbocycles. The molecule has 5 heteroatoms. The molecule has 1 amide bonds. The standard InChI is InChI=1S/C17H28N2OS2/c1-15(2)9-5-3-4-7-12-18-16(20)11-14-21-22-17-10-6-8-13-19-17/h6,8,10,13,15H,3-5,7,9,11-12,14H2,1-2H3,(H,18,20). The lowest BCUT2D eigenvalue weighted by Crippen LogP contribution is -2.24. The second-order valence-corrected chi connectivity index (χ2v) is 8.21. The van der Waals surface area contributed by atoms with Crippen molar-refractivity contribution in [3.63, 3.8) is 0 Å². The van der Waals surface area contributed by atoms with Gasteiger partial charge < -0.3 is 5.32 Å². The van der Waals surface area contributed by atoms with Gasteiger partial charge in [0.15, 0.2) is 0 Å². The zero-order valence-electron chi connectivity index (χ0n) is 13.7. The lowest BCUT2D eigenvalue weighted by atomic mass is 10.0. The van der Waals surface area contributed by atoms with Crippen LogP contribution in [0.1, 0.15) is 52.4 Å². The highest BCUT2D eigenvalue weighted by Crippen LogP contribution is 2.29. The summed E-state index contributed by atoms with van der Waals surface area (Å²) >= 11 is 0. The summed E-state index contributed by atoms with van der Waals surface area (Å²) in [6.45, 7) is 5.35. The second-order valence-electron chi connectivity index (χ2n) is 5.77. The van der Waals surface area contributed by atoms with Gasteiger partial charge in [-0.3, -0.25) is 4.79 Å². The number of unbranched alkanes of at least 4 members (excludes halogenated alkanes) is 3. The predicted molar refractivity (Wildman–Crippen MR) is 98.1 cm³/mol. The van der Waals surface area contributed by atoms with Gasteiger partial charge in [-0.25, -0.2) is 4.98 Å². The van der Waals surface area contributed by atoms with Gasteiger partial charge in [-0.2, -0.15) is 0 Å². The second kappa shape index (κ2) is 12.8. The fourth-order valence-corrected chi connectivity index (χ4v) is 3.85. The fraction of sp³-hybridized carbons (Fsp3) is 0.647. The van der Waals surface area contributed by atoms with Gasteiger partial charge in [0.2, 0.25) is 5.91 Å². The van der Waals surface area contributed by atoms with Crippen LogP contribution < -0.4 is 5.32 Å². The van der Waals surface area contributed by atoms with Crippen molar-refractivity contribution < 1.29 is 4.79 Å². The smallest absolute Gasteiger partial charge is 0.220 e. The fourth-order valence-electron chi connectivity index (χ4n) is 1.98. The van der Waals surface area contributed by atoms with Crippen LogP contribution in [0, 0.1) is 5.92 Å². The average Bonchev–Trinajstić information content (AvgIpc) is 2.51. The molecule has 1 aromatic heterocycles. The number of pyridine rings is 1. The van der Waals surface area contributed by atoms with Gasteiger partial charge in [0, 0.05) is 24.9 Å². The van der Waals surface area contributed by atoms with Gasteiger partial charge >= 0.3 is 0 Å². The summed E-state index contributed by atoms with van der Waals surface area (Å²) in [5, 5.41) is 4.00. The number of hydrogen-bond donors (Lipinski definition) is 1. The molecule has 0 fully saturated rings. The number of hydrogen-bond acceptors (Lipinski definition) is 4. The molecule has 0 bridgehead atoms. The van der Waals surface area contributed by atoms with Crippen LogP contribution in [0.25, 0.3) is 0 Å². The highest BCUT2D eigenvalue weighted by Gasteiger charge is 2.02. The Morgan fingerprint density at radius 3 is 2.77 bits per heavy atom. The topological polar surface area (TPSA) is 42.0 Å². The Balaban J connectivity index is 1.89. The van der Waals surface area contributed by atoms with Crippen LogP contribution in [-0.4, -0.2) is 23.2 Å². The zero-order valence-corrected chi connectivity index (χ0v) is 15.3. The molecule has 1 heterocycles. The lowest BCUT2D eigenvalue weighted by molar-refractivity contribution is -0.120. The molecule has 124 valence electrons. The van der Waals surface area contributed by atoms with Crippen LogP contribution in [-0.2, 0) is 4.79 Å². The number of nitrogens with one attached hydrogen (secondary N) is 1. The Hall–Kier alpha value is -0.680. The van der Waals surface area contributed by atoms with Crippen molar-refractivity contribution in [1.29, 1.82) is 0 Å². The van der Waals surface area contributed by atoms with Crippen molar-refractivity contribution in [1.82, 2.24) is 10.3 Å². The van der Waals surface area contributed by atoms with Crippen LogP contribution in [0.5, 0.6) is 0 Å². The van der Waals surface area contributed by atoms with Gasteiger partial charge in [-0.05, 0) is 35.3 Å². The number of nitrogens with zero attached hydrogens (tertiary/aromatic N) is 1. The molecule has 0 aromatic carbocycles. The molecule has 0 unspecified atom stereocenters. The molecule has 0 aliphatic rings. The Labute approximate surface area is 142 Å². The van der Waals surface area contributed by atoms with Gasteiger partial charge in [-0.15, -0.1) is 0 Å². The zero-order chi connectivity index (χ0) is 16.0. The largest absolute Gasteiger partial charge is 0.356 e. The Morgan fingerprint density at radius 2 is 2.05 bits per heavy atom. The summed E-state index contributed by atoms with van der Waals surface area (Å²) in [5.74, 6) is 1.79. The number of rotatable bonds is 12. The molecular formula is C17H28N2OS2. The molecule has 22 heavy (non-hydrogen) atoms. The molecule has 1 aromatic rings. The average molecular weight is 341 g/mol. The first-order valence-electron chi connectivity index (χ1n) is 8.15. The third-order valence-electron chi connectivity index (χ3n) is 3.22. The third-order valence-corrected chi connectivity index (χ3v) is 5.49. The summed E-state index contributed by atoms with van der Waals surface area (Å²) < 4.78 is 0. The highest BCUT2D eigenvalue weighted by molar-refractivity contribution is 8.76. The maximum absolute atomic E-state index is 11.7. The Bertz CT molecular complexity index is 399. The number of carbonyl (C=O) groups is 1. The van der Waals surface area contributed by atoms with Crippen molar-refractivity contribution in [2.45, 2.75) is 57.4 Å². The van der Waals surface area contributed by atoms with E-state index >= 15 is 0 Å². The van der Waals surface area contributed by atoms with E-state index in [1.807, 2.05) is 18.2 Å². The minimum atomic E-state index is 0.163. The van der Waals surface area contributed by atoms with Crippen LogP contribution in [0.2, 0.25) is 0 Å². The minimum Gasteiger partial charge on any atom is -0.356 e. The van der Waals surface area contributed by atoms with Gasteiger partial charge in [0.1, 0.15) is 5.03 Å². The summed E-state index contributed by atoms with van der Waals surface area (Å²) in [6.07, 6.45) is 8.60. The van der Waals surface area contributed by atoms with E-state index in [0.29, 0.717) is 6.42 Å². The van der Waals surface area contributed by atoms with E-state index in [2.05, 4.69) is 24.1 Å². The highest BCUT2D eigenvalue weighted by atomic mass is 33.1. The van der Waals surface area contributed by atoms with Crippen molar-refractivity contribution >= 4 is 27.5 Å². The SMILES string of the molecule is CC(C)CCCCCCNC(=O)CCSSc1ccccn1. The maximum Gasteiger partial charge on any atom is 0.220 e. The number of aromatic nitrogens is 1. The van der Waals surface area contributed by atoms with E-state index in [0.717, 1.165) is 29.7 Å². The molecule has 0 saturated heterocycles. The molecule has 0 radical (unpaired) electrons. The minimum absolute atomic E-state index is 0.163. The van der Waals surface area contributed by atoms with Gasteiger partial charge in [-0.1, -0.05) is 56.4 Å². The van der Waals surface area contributed by atoms with Crippen LogP contribution in [0.4, 0.5) is 0 Å². The Morgan fingerprint density at radius 1 is 1.23 bits per heavy atom. The first-order valence-corrected chi connectivity index (χ1v) is 10.5. The van der Waals surface area contributed by atoms with Gasteiger partial charge in [0.25, 0.3) is 0 Å². The van der Waals surface area contributed by atoms with Crippen LogP contribution in [0.15, 0.2) is 29.4 Å². The van der Waals surface area contributed by atoms with E-state index in [-0.39, 0.29) is 5.91 Å². The molecule has 0 atom stereocenters. The molecule has 3 nitrogen and oxygen atoms in total. The summed E-state index contributed by atoms with van der Waals surface area (Å²) in [6, 6.07) is 5.87. The van der Waals surface area contributed by atoms with Gasteiger partial charge in [0.05, 0.1) is 0 Å². The monoisotopic (exact) mass is 340 g/mol. The predicted octanol–water partition coefficient (Wildman–Crippen LogP) is 4.93. The Kier molecular flexibility index (Phi) is 11.3. The summed E-state index contributed by atoms with van der Waals surface area (Å²) in [4.78, 5) is 15.9. The molecule has 1 N–H and O–H groups in total. The molecule has 0 aliphatic heterocycles. The molecular weight excluding hydrogens is 312 g/mol. The first kappa shape index (κ1) is 19.4. The van der Waals surface area contributed by atoms with Crippen molar-refractivity contribution in [3.8, 4) is 0 Å². The van der Waals surface area contributed by atoms with Crippen molar-refractivity contribution in [3.05, 3.63) is 24.4 Å². The number of carbonyl (C=O) groups excluding carboxylic acids is 1. The van der Waals surface area contributed by atoms with Crippen LogP contribution in [0.3, 0.4) is 0 Å². The molecule has 0 spiro atoms. The number of amides is 1. The summed E-state index contributed by atoms with van der Waals surface area (Å²) in [5.41, 5.74) is 0. The first-order chi connectivity index (χ1) is 10.7. The van der Waals surface area contributed by atoms with E-state index in [1.165, 1.54) is 25.7 Å². The van der Waals surface area contributed by atoms with Crippen molar-refractivity contribution in [2.24, 2.45) is 5.92 Å². The van der Waals surface area contributed by atoms with E-state index in [9.17, 15) is 4.79 Å². The maximum atomic E-state index is 11.7. The summed E-state index contributed by atoms with van der Waals surface area (Å²) in [7, 11) is 3.31. The van der Waals surface area contributed by atoms with Crippen LogP contribution >= 0.6 is 21.6 Å². The van der Waals surface area contributed by atoms with E-state index in [1.54, 1.807) is 27.8 Å².